The SMILES string of the molecule is O=C1CCCN1CCOc1ccccc1C(=O)N1C2CCC1CC(Cc1ccc3ccoc3c1)C2. The summed E-state index contributed by atoms with van der Waals surface area (Å²) in [6.45, 7) is 1.78. The number of nitrogens with zero attached hydrogens (tertiary/aromatic N) is 2. The van der Waals surface area contributed by atoms with Crippen molar-refractivity contribution in [3.05, 3.63) is 65.9 Å². The molecule has 0 saturated carbocycles. The monoisotopic (exact) mass is 472 g/mol. The highest BCUT2D eigenvalue weighted by Gasteiger charge is 2.43. The number of hydrogen-bond acceptors (Lipinski definition) is 4. The molecule has 3 aliphatic heterocycles. The number of likely N-dealkylation sites (tertiary alicyclic amines) is 1. The largest absolute Gasteiger partial charge is 0.491 e. The minimum Gasteiger partial charge on any atom is -0.491 e. The Kier molecular flexibility index (Phi) is 5.96. The quantitative estimate of drug-likeness (QED) is 0.482. The first-order valence-electron chi connectivity index (χ1n) is 12.9. The molecule has 2 unspecified atom stereocenters. The molecule has 0 aliphatic carbocycles. The molecule has 3 aliphatic rings. The van der Waals surface area contributed by atoms with E-state index < -0.39 is 0 Å². The smallest absolute Gasteiger partial charge is 0.258 e. The summed E-state index contributed by atoms with van der Waals surface area (Å²) in [5.74, 6) is 1.48. The molecule has 1 aromatic heterocycles. The number of ether oxygens (including phenoxy) is 1. The highest BCUT2D eigenvalue weighted by molar-refractivity contribution is 5.97. The Morgan fingerprint density at radius 3 is 2.69 bits per heavy atom. The molecule has 2 aromatic carbocycles. The van der Waals surface area contributed by atoms with Gasteiger partial charge in [0.15, 0.2) is 0 Å². The van der Waals surface area contributed by atoms with Crippen LogP contribution >= 0.6 is 0 Å². The molecule has 2 bridgehead atoms. The fourth-order valence-corrected chi connectivity index (χ4v) is 6.36. The molecule has 0 radical (unpaired) electrons. The number of carbonyl (C=O) groups is 2. The number of benzene rings is 2. The van der Waals surface area contributed by atoms with E-state index in [2.05, 4.69) is 23.1 Å². The highest BCUT2D eigenvalue weighted by Crippen LogP contribution is 2.41. The fraction of sp³-hybridized carbons (Fsp3) is 0.448. The van der Waals surface area contributed by atoms with Gasteiger partial charge in [-0.2, -0.15) is 0 Å². The number of piperidine rings is 1. The van der Waals surface area contributed by atoms with E-state index in [1.165, 1.54) is 5.56 Å². The van der Waals surface area contributed by atoms with E-state index >= 15 is 0 Å². The number of para-hydroxylation sites is 1. The molecule has 4 heterocycles. The van der Waals surface area contributed by atoms with Gasteiger partial charge in [0, 0.05) is 30.4 Å². The predicted molar refractivity (Wildman–Crippen MR) is 133 cm³/mol. The van der Waals surface area contributed by atoms with Crippen LogP contribution in [0.2, 0.25) is 0 Å². The maximum absolute atomic E-state index is 13.7. The molecular formula is C29H32N2O4. The molecule has 35 heavy (non-hydrogen) atoms. The Hall–Kier alpha value is -3.28. The van der Waals surface area contributed by atoms with Crippen LogP contribution < -0.4 is 4.74 Å². The van der Waals surface area contributed by atoms with E-state index in [9.17, 15) is 9.59 Å². The van der Waals surface area contributed by atoms with Gasteiger partial charge in [0.05, 0.1) is 18.4 Å². The van der Waals surface area contributed by atoms with Gasteiger partial charge in [0.1, 0.15) is 17.9 Å². The van der Waals surface area contributed by atoms with Crippen LogP contribution in [0.1, 0.15) is 54.4 Å². The van der Waals surface area contributed by atoms with E-state index in [4.69, 9.17) is 9.15 Å². The number of carbonyl (C=O) groups excluding carboxylic acids is 2. The maximum Gasteiger partial charge on any atom is 0.258 e. The van der Waals surface area contributed by atoms with Gasteiger partial charge in [-0.3, -0.25) is 9.59 Å². The summed E-state index contributed by atoms with van der Waals surface area (Å²) in [7, 11) is 0. The van der Waals surface area contributed by atoms with Crippen LogP contribution in [0.15, 0.2) is 59.2 Å². The van der Waals surface area contributed by atoms with Crippen molar-refractivity contribution < 1.29 is 18.7 Å². The number of rotatable bonds is 7. The molecule has 6 rings (SSSR count). The minimum atomic E-state index is 0.0841. The van der Waals surface area contributed by atoms with Gasteiger partial charge in [0.25, 0.3) is 5.91 Å². The lowest BCUT2D eigenvalue weighted by molar-refractivity contribution is -0.128. The molecule has 3 saturated heterocycles. The van der Waals surface area contributed by atoms with E-state index in [1.54, 1.807) is 6.26 Å². The summed E-state index contributed by atoms with van der Waals surface area (Å²) >= 11 is 0. The summed E-state index contributed by atoms with van der Waals surface area (Å²) in [4.78, 5) is 29.6. The van der Waals surface area contributed by atoms with E-state index in [0.717, 1.165) is 56.0 Å². The van der Waals surface area contributed by atoms with Crippen LogP contribution in [0, 0.1) is 5.92 Å². The molecule has 6 nitrogen and oxygen atoms in total. The molecule has 6 heteroatoms. The van der Waals surface area contributed by atoms with Crippen molar-refractivity contribution >= 4 is 22.8 Å². The van der Waals surface area contributed by atoms with Gasteiger partial charge < -0.3 is 19.0 Å². The molecular weight excluding hydrogens is 440 g/mol. The molecule has 2 amide bonds. The number of furan rings is 1. The summed E-state index contributed by atoms with van der Waals surface area (Å²) in [6, 6.07) is 16.6. The van der Waals surface area contributed by atoms with Crippen molar-refractivity contribution in [3.8, 4) is 5.75 Å². The van der Waals surface area contributed by atoms with Gasteiger partial charge in [-0.15, -0.1) is 0 Å². The second-order valence-corrected chi connectivity index (χ2v) is 10.3. The van der Waals surface area contributed by atoms with Gasteiger partial charge in [-0.1, -0.05) is 24.3 Å². The topological polar surface area (TPSA) is 63.0 Å². The first kappa shape index (κ1) is 22.2. The lowest BCUT2D eigenvalue weighted by atomic mass is 9.85. The van der Waals surface area contributed by atoms with Gasteiger partial charge >= 0.3 is 0 Å². The van der Waals surface area contributed by atoms with Crippen molar-refractivity contribution in [2.75, 3.05) is 19.7 Å². The highest BCUT2D eigenvalue weighted by atomic mass is 16.5. The fourth-order valence-electron chi connectivity index (χ4n) is 6.36. The second kappa shape index (κ2) is 9.40. The molecule has 3 fully saturated rings. The zero-order valence-corrected chi connectivity index (χ0v) is 20.0. The normalized spacial score (nSPS) is 23.9. The Bertz CT molecular complexity index is 1220. The molecule has 0 spiro atoms. The first-order chi connectivity index (χ1) is 17.2. The van der Waals surface area contributed by atoms with Crippen molar-refractivity contribution in [3.63, 3.8) is 0 Å². The molecule has 3 aromatic rings. The second-order valence-electron chi connectivity index (χ2n) is 10.3. The zero-order chi connectivity index (χ0) is 23.8. The average Bonchev–Trinajstić information content (AvgIpc) is 3.57. The molecule has 0 N–H and O–H groups in total. The van der Waals surface area contributed by atoms with Crippen LogP contribution in [-0.2, 0) is 11.2 Å². The number of fused-ring (bicyclic) bond motifs is 3. The lowest BCUT2D eigenvalue weighted by Crippen LogP contribution is -2.47. The van der Waals surface area contributed by atoms with Gasteiger partial charge in [-0.05, 0) is 74.3 Å². The predicted octanol–water partition coefficient (Wildman–Crippen LogP) is 5.06. The van der Waals surface area contributed by atoms with Crippen LogP contribution in [0.4, 0.5) is 0 Å². The summed E-state index contributed by atoms with van der Waals surface area (Å²) in [6.07, 6.45) is 8.55. The summed E-state index contributed by atoms with van der Waals surface area (Å²) in [5.41, 5.74) is 2.90. The zero-order valence-electron chi connectivity index (χ0n) is 20.0. The average molecular weight is 473 g/mol. The first-order valence-corrected chi connectivity index (χ1v) is 12.9. The van der Waals surface area contributed by atoms with E-state index in [1.807, 2.05) is 35.2 Å². The van der Waals surface area contributed by atoms with E-state index in [0.29, 0.717) is 36.8 Å². The van der Waals surface area contributed by atoms with Crippen LogP contribution in [0.25, 0.3) is 11.0 Å². The Morgan fingerprint density at radius 2 is 1.89 bits per heavy atom. The van der Waals surface area contributed by atoms with Crippen molar-refractivity contribution in [2.24, 2.45) is 5.92 Å². The maximum atomic E-state index is 13.7. The minimum absolute atomic E-state index is 0.0841. The Morgan fingerprint density at radius 1 is 1.06 bits per heavy atom. The standard InChI is InChI=1S/C29H32N2O4/c32-28-6-3-12-30(28)13-15-35-26-5-2-1-4-25(26)29(33)31-23-9-10-24(31)18-21(17-23)16-20-7-8-22-11-14-34-27(22)19-20/h1-2,4-5,7-8,11,14,19,21,23-24H,3,6,9-10,12-13,15-18H2. The lowest BCUT2D eigenvalue weighted by Gasteiger charge is -2.39. The Balaban J connectivity index is 1.11. The number of amides is 2. The third-order valence-corrected chi connectivity index (χ3v) is 8.02. The van der Waals surface area contributed by atoms with Crippen molar-refractivity contribution in [1.29, 1.82) is 0 Å². The van der Waals surface area contributed by atoms with Crippen molar-refractivity contribution in [1.82, 2.24) is 9.80 Å². The van der Waals surface area contributed by atoms with Gasteiger partial charge in [0.2, 0.25) is 5.91 Å². The Labute approximate surface area is 205 Å². The third-order valence-electron chi connectivity index (χ3n) is 8.02. The van der Waals surface area contributed by atoms with Crippen molar-refractivity contribution in [2.45, 2.75) is 57.0 Å². The summed E-state index contributed by atoms with van der Waals surface area (Å²) in [5, 5.41) is 1.14. The van der Waals surface area contributed by atoms with Crippen LogP contribution in [-0.4, -0.2) is 53.4 Å². The van der Waals surface area contributed by atoms with Crippen LogP contribution in [0.5, 0.6) is 5.75 Å². The summed E-state index contributed by atoms with van der Waals surface area (Å²) < 4.78 is 11.6. The molecule has 182 valence electrons. The third kappa shape index (κ3) is 4.42. The van der Waals surface area contributed by atoms with E-state index in [-0.39, 0.29) is 23.9 Å². The molecule has 2 atom stereocenters. The van der Waals surface area contributed by atoms with Gasteiger partial charge in [-0.25, -0.2) is 0 Å². The van der Waals surface area contributed by atoms with Crippen LogP contribution in [0.3, 0.4) is 0 Å². The number of hydrogen-bond donors (Lipinski definition) is 0.